The minimum absolute atomic E-state index is 0.626. The van der Waals surface area contributed by atoms with E-state index >= 15 is 0 Å². The summed E-state index contributed by atoms with van der Waals surface area (Å²) < 4.78 is 5.15. The third-order valence-corrected chi connectivity index (χ3v) is 3.01. The van der Waals surface area contributed by atoms with E-state index in [1.807, 2.05) is 23.7 Å². The summed E-state index contributed by atoms with van der Waals surface area (Å²) in [5.41, 5.74) is 2.28. The van der Waals surface area contributed by atoms with Crippen molar-refractivity contribution in [2.45, 2.75) is 13.2 Å². The van der Waals surface area contributed by atoms with E-state index < -0.39 is 0 Å². The Hall–Kier alpha value is -1.39. The van der Waals surface area contributed by atoms with Gasteiger partial charge in [0.15, 0.2) is 0 Å². The van der Waals surface area contributed by atoms with E-state index in [2.05, 4.69) is 22.4 Å². The second kappa shape index (κ2) is 5.63. The number of aromatic nitrogens is 1. The van der Waals surface area contributed by atoms with Gasteiger partial charge in [0.05, 0.1) is 13.2 Å². The highest BCUT2D eigenvalue weighted by atomic mass is 32.1. The van der Waals surface area contributed by atoms with Crippen molar-refractivity contribution in [2.24, 2.45) is 0 Å². The average molecular weight is 234 g/mol. The van der Waals surface area contributed by atoms with E-state index in [9.17, 15) is 0 Å². The monoisotopic (exact) mass is 234 g/mol. The fourth-order valence-corrected chi connectivity index (χ4v) is 2.04. The summed E-state index contributed by atoms with van der Waals surface area (Å²) in [5, 5.41) is 6.44. The summed E-state index contributed by atoms with van der Waals surface area (Å²) in [4.78, 5) is 4.23. The van der Waals surface area contributed by atoms with Crippen molar-refractivity contribution in [3.8, 4) is 0 Å². The molecule has 0 spiro atoms. The maximum absolute atomic E-state index is 5.15. The van der Waals surface area contributed by atoms with Gasteiger partial charge in [-0.1, -0.05) is 18.2 Å². The first-order chi connectivity index (χ1) is 7.90. The molecule has 0 aliphatic carbocycles. The fourth-order valence-electron chi connectivity index (χ4n) is 1.49. The van der Waals surface area contributed by atoms with Gasteiger partial charge in [-0.15, -0.1) is 11.3 Å². The van der Waals surface area contributed by atoms with Gasteiger partial charge in [0, 0.05) is 29.9 Å². The lowest BCUT2D eigenvalue weighted by Gasteiger charge is -2.09. The average Bonchev–Trinajstić information content (AvgIpc) is 2.81. The number of hydrogen-bond donors (Lipinski definition) is 1. The van der Waals surface area contributed by atoms with Crippen molar-refractivity contribution in [1.82, 2.24) is 4.98 Å². The van der Waals surface area contributed by atoms with Gasteiger partial charge in [-0.05, 0) is 6.07 Å². The first-order valence-corrected chi connectivity index (χ1v) is 5.97. The molecular weight excluding hydrogens is 220 g/mol. The fraction of sp³-hybridized carbons (Fsp3) is 0.250. The molecule has 0 amide bonds. The van der Waals surface area contributed by atoms with E-state index in [1.54, 1.807) is 18.4 Å². The molecule has 4 heteroatoms. The zero-order valence-electron chi connectivity index (χ0n) is 9.14. The van der Waals surface area contributed by atoms with E-state index in [0.717, 1.165) is 17.2 Å². The van der Waals surface area contributed by atoms with E-state index in [-0.39, 0.29) is 0 Å². The second-order valence-corrected chi connectivity index (χ2v) is 4.35. The quantitative estimate of drug-likeness (QED) is 0.863. The van der Waals surface area contributed by atoms with Crippen molar-refractivity contribution in [2.75, 3.05) is 12.4 Å². The van der Waals surface area contributed by atoms with Crippen LogP contribution < -0.4 is 5.32 Å². The predicted octanol–water partition coefficient (Wildman–Crippen LogP) is 2.90. The molecule has 0 atom stereocenters. The van der Waals surface area contributed by atoms with Crippen LogP contribution in [0.25, 0.3) is 0 Å². The molecule has 84 valence electrons. The smallest absolute Gasteiger partial charge is 0.112 e. The van der Waals surface area contributed by atoms with Gasteiger partial charge >= 0.3 is 0 Å². The van der Waals surface area contributed by atoms with Crippen LogP contribution in [0.5, 0.6) is 0 Å². The third kappa shape index (κ3) is 2.81. The van der Waals surface area contributed by atoms with Gasteiger partial charge in [-0.25, -0.2) is 4.98 Å². The normalized spacial score (nSPS) is 10.3. The molecule has 0 fully saturated rings. The van der Waals surface area contributed by atoms with Crippen LogP contribution in [-0.2, 0) is 17.9 Å². The molecule has 0 saturated carbocycles. The topological polar surface area (TPSA) is 34.1 Å². The molecule has 0 bridgehead atoms. The molecule has 1 aromatic carbocycles. The minimum atomic E-state index is 0.626. The van der Waals surface area contributed by atoms with Gasteiger partial charge < -0.3 is 10.1 Å². The largest absolute Gasteiger partial charge is 0.380 e. The first kappa shape index (κ1) is 11.1. The number of thiazole rings is 1. The van der Waals surface area contributed by atoms with Crippen molar-refractivity contribution < 1.29 is 4.74 Å². The van der Waals surface area contributed by atoms with E-state index in [1.165, 1.54) is 5.56 Å². The Bertz CT molecular complexity index is 428. The SMILES string of the molecule is COCc1ccccc1NCc1nccs1. The molecule has 3 nitrogen and oxygen atoms in total. The minimum Gasteiger partial charge on any atom is -0.380 e. The lowest BCUT2D eigenvalue weighted by Crippen LogP contribution is -2.02. The van der Waals surface area contributed by atoms with Crippen LogP contribution in [0.3, 0.4) is 0 Å². The Labute approximate surface area is 99.1 Å². The summed E-state index contributed by atoms with van der Waals surface area (Å²) in [6, 6.07) is 8.15. The zero-order chi connectivity index (χ0) is 11.2. The van der Waals surface area contributed by atoms with Crippen molar-refractivity contribution >= 4 is 17.0 Å². The number of para-hydroxylation sites is 1. The summed E-state index contributed by atoms with van der Waals surface area (Å²) >= 11 is 1.66. The van der Waals surface area contributed by atoms with Crippen LogP contribution in [0.4, 0.5) is 5.69 Å². The summed E-state index contributed by atoms with van der Waals surface area (Å²) in [6.45, 7) is 1.39. The molecule has 1 N–H and O–H groups in total. The highest BCUT2D eigenvalue weighted by Gasteiger charge is 2.01. The van der Waals surface area contributed by atoms with Crippen LogP contribution in [0.2, 0.25) is 0 Å². The Morgan fingerprint density at radius 2 is 2.25 bits per heavy atom. The highest BCUT2D eigenvalue weighted by molar-refractivity contribution is 7.09. The van der Waals surface area contributed by atoms with Crippen molar-refractivity contribution in [3.63, 3.8) is 0 Å². The van der Waals surface area contributed by atoms with Gasteiger partial charge in [0.2, 0.25) is 0 Å². The molecule has 1 heterocycles. The van der Waals surface area contributed by atoms with Gasteiger partial charge in [0.1, 0.15) is 5.01 Å². The number of ether oxygens (including phenoxy) is 1. The van der Waals surface area contributed by atoms with Crippen LogP contribution in [0.15, 0.2) is 35.8 Å². The van der Waals surface area contributed by atoms with E-state index in [4.69, 9.17) is 4.74 Å². The van der Waals surface area contributed by atoms with Gasteiger partial charge in [0.25, 0.3) is 0 Å². The highest BCUT2D eigenvalue weighted by Crippen LogP contribution is 2.17. The maximum Gasteiger partial charge on any atom is 0.112 e. The number of nitrogens with zero attached hydrogens (tertiary/aromatic N) is 1. The second-order valence-electron chi connectivity index (χ2n) is 3.37. The lowest BCUT2D eigenvalue weighted by molar-refractivity contribution is 0.185. The Morgan fingerprint density at radius 3 is 3.00 bits per heavy atom. The number of nitrogens with one attached hydrogen (secondary N) is 1. The van der Waals surface area contributed by atoms with Crippen LogP contribution in [-0.4, -0.2) is 12.1 Å². The molecule has 0 aliphatic heterocycles. The molecule has 0 saturated heterocycles. The predicted molar refractivity (Wildman–Crippen MR) is 66.6 cm³/mol. The molecular formula is C12H14N2OS. The Balaban J connectivity index is 2.03. The molecule has 2 rings (SSSR count). The number of benzene rings is 1. The summed E-state index contributed by atoms with van der Waals surface area (Å²) in [7, 11) is 1.71. The molecule has 0 radical (unpaired) electrons. The number of anilines is 1. The van der Waals surface area contributed by atoms with Gasteiger partial charge in [-0.2, -0.15) is 0 Å². The number of hydrogen-bond acceptors (Lipinski definition) is 4. The zero-order valence-corrected chi connectivity index (χ0v) is 9.96. The number of rotatable bonds is 5. The lowest BCUT2D eigenvalue weighted by atomic mass is 10.2. The maximum atomic E-state index is 5.15. The van der Waals surface area contributed by atoms with Crippen LogP contribution in [0.1, 0.15) is 10.6 Å². The first-order valence-electron chi connectivity index (χ1n) is 5.09. The third-order valence-electron chi connectivity index (χ3n) is 2.23. The van der Waals surface area contributed by atoms with Crippen molar-refractivity contribution in [3.05, 3.63) is 46.4 Å². The molecule has 1 aromatic heterocycles. The van der Waals surface area contributed by atoms with Gasteiger partial charge in [-0.3, -0.25) is 0 Å². The molecule has 16 heavy (non-hydrogen) atoms. The molecule has 0 unspecified atom stereocenters. The standard InChI is InChI=1S/C12H14N2OS/c1-15-9-10-4-2-3-5-11(10)14-8-12-13-6-7-16-12/h2-7,14H,8-9H2,1H3. The Morgan fingerprint density at radius 1 is 1.38 bits per heavy atom. The van der Waals surface area contributed by atoms with E-state index in [0.29, 0.717) is 6.61 Å². The summed E-state index contributed by atoms with van der Waals surface area (Å²) in [5.74, 6) is 0. The van der Waals surface area contributed by atoms with Crippen molar-refractivity contribution in [1.29, 1.82) is 0 Å². The number of methoxy groups -OCH3 is 1. The summed E-state index contributed by atoms with van der Waals surface area (Å²) in [6.07, 6.45) is 1.82. The van der Waals surface area contributed by atoms with Crippen LogP contribution in [0, 0.1) is 0 Å². The van der Waals surface area contributed by atoms with Crippen LogP contribution >= 0.6 is 11.3 Å². The Kier molecular flexibility index (Phi) is 3.91. The molecule has 2 aromatic rings. The molecule has 0 aliphatic rings.